The van der Waals surface area contributed by atoms with Crippen LogP contribution in [0.15, 0.2) is 47.4 Å². The minimum Gasteiger partial charge on any atom is -0.495 e. The highest BCUT2D eigenvalue weighted by Gasteiger charge is 2.42. The smallest absolute Gasteiger partial charge is 0.416 e. The summed E-state index contributed by atoms with van der Waals surface area (Å²) in [6.07, 6.45) is -4.68. The van der Waals surface area contributed by atoms with Crippen molar-refractivity contribution in [3.05, 3.63) is 48.0 Å². The molecule has 3 rings (SSSR count). The highest BCUT2D eigenvalue weighted by atomic mass is 32.2. The van der Waals surface area contributed by atoms with E-state index in [0.29, 0.717) is 10.4 Å². The molecule has 168 valence electrons. The van der Waals surface area contributed by atoms with Crippen LogP contribution in [0.1, 0.15) is 12.5 Å². The van der Waals surface area contributed by atoms with Crippen molar-refractivity contribution in [2.24, 2.45) is 5.92 Å². The SMILES string of the molecule is COc1ccc(N2C(=O)C(C)CS2(=O)=O)cc1S(=O)(=O)Nc1cccc(C(F)(F)F)c1. The zero-order valence-corrected chi connectivity index (χ0v) is 17.8. The number of halogens is 3. The summed E-state index contributed by atoms with van der Waals surface area (Å²) in [6, 6.07) is 6.83. The number of nitrogens with one attached hydrogen (secondary N) is 1. The van der Waals surface area contributed by atoms with Gasteiger partial charge in [0.2, 0.25) is 15.9 Å². The zero-order chi connectivity index (χ0) is 23.2. The highest BCUT2D eigenvalue weighted by molar-refractivity contribution is 7.94. The predicted octanol–water partition coefficient (Wildman–Crippen LogP) is 2.83. The van der Waals surface area contributed by atoms with Gasteiger partial charge in [0.25, 0.3) is 10.0 Å². The molecule has 0 aliphatic carbocycles. The summed E-state index contributed by atoms with van der Waals surface area (Å²) in [7, 11) is -7.35. The number of methoxy groups -OCH3 is 1. The fourth-order valence-electron chi connectivity index (χ4n) is 3.06. The van der Waals surface area contributed by atoms with Crippen molar-refractivity contribution in [2.75, 3.05) is 21.9 Å². The van der Waals surface area contributed by atoms with Gasteiger partial charge in [-0.1, -0.05) is 13.0 Å². The number of carbonyl (C=O) groups excluding carboxylic acids is 1. The van der Waals surface area contributed by atoms with Gasteiger partial charge < -0.3 is 4.74 Å². The standard InChI is InChI=1S/C18H17F3N2O6S2/c1-11-10-30(25,26)23(17(11)24)14-6-7-15(29-2)16(9-14)31(27,28)22-13-5-3-4-12(8-13)18(19,20)21/h3-9,11,22H,10H2,1-2H3. The van der Waals surface area contributed by atoms with Gasteiger partial charge in [0.1, 0.15) is 10.6 Å². The summed E-state index contributed by atoms with van der Waals surface area (Å²) in [6.45, 7) is 1.43. The molecule has 0 radical (unpaired) electrons. The van der Waals surface area contributed by atoms with E-state index in [2.05, 4.69) is 0 Å². The second kappa shape index (κ2) is 7.71. The van der Waals surface area contributed by atoms with E-state index in [0.717, 1.165) is 37.4 Å². The van der Waals surface area contributed by atoms with Gasteiger partial charge >= 0.3 is 6.18 Å². The number of hydrogen-bond donors (Lipinski definition) is 1. The van der Waals surface area contributed by atoms with Crippen LogP contribution in [0.25, 0.3) is 0 Å². The van der Waals surface area contributed by atoms with E-state index in [-0.39, 0.29) is 17.1 Å². The van der Waals surface area contributed by atoms with Gasteiger partial charge in [-0.2, -0.15) is 13.2 Å². The maximum absolute atomic E-state index is 12.9. The largest absolute Gasteiger partial charge is 0.495 e. The van der Waals surface area contributed by atoms with E-state index in [1.165, 1.54) is 13.0 Å². The molecule has 0 saturated carbocycles. The lowest BCUT2D eigenvalue weighted by atomic mass is 10.2. The Balaban J connectivity index is 2.05. The summed E-state index contributed by atoms with van der Waals surface area (Å²) in [5, 5.41) is 0. The normalized spacial score (nSPS) is 18.8. The van der Waals surface area contributed by atoms with Crippen molar-refractivity contribution in [3.8, 4) is 5.75 Å². The van der Waals surface area contributed by atoms with E-state index in [1.54, 1.807) is 0 Å². The molecule has 2 aromatic carbocycles. The van der Waals surface area contributed by atoms with Crippen LogP contribution in [0.2, 0.25) is 0 Å². The van der Waals surface area contributed by atoms with Crippen LogP contribution in [0.4, 0.5) is 24.5 Å². The van der Waals surface area contributed by atoms with Crippen molar-refractivity contribution >= 4 is 37.3 Å². The molecule has 1 saturated heterocycles. The molecule has 1 unspecified atom stereocenters. The molecule has 0 spiro atoms. The van der Waals surface area contributed by atoms with Gasteiger partial charge in [-0.15, -0.1) is 0 Å². The maximum atomic E-state index is 12.9. The van der Waals surface area contributed by atoms with Crippen LogP contribution < -0.4 is 13.8 Å². The van der Waals surface area contributed by atoms with Crippen LogP contribution >= 0.6 is 0 Å². The third-order valence-electron chi connectivity index (χ3n) is 4.47. The Bertz CT molecular complexity index is 1240. The zero-order valence-electron chi connectivity index (χ0n) is 16.2. The number of amides is 1. The molecule has 0 aromatic heterocycles. The third kappa shape index (κ3) is 4.46. The number of carbonyl (C=O) groups is 1. The number of benzene rings is 2. The Morgan fingerprint density at radius 2 is 1.84 bits per heavy atom. The Morgan fingerprint density at radius 1 is 1.16 bits per heavy atom. The Labute approximate surface area is 176 Å². The summed E-state index contributed by atoms with van der Waals surface area (Å²) in [4.78, 5) is 11.8. The minimum atomic E-state index is -4.68. The molecule has 2 aromatic rings. The maximum Gasteiger partial charge on any atom is 0.416 e. The molecule has 13 heteroatoms. The van der Waals surface area contributed by atoms with Crippen molar-refractivity contribution in [1.29, 1.82) is 0 Å². The Kier molecular flexibility index (Phi) is 5.69. The second-order valence-corrected chi connectivity index (χ2v) is 10.3. The molecule has 1 heterocycles. The number of nitrogens with zero attached hydrogens (tertiary/aromatic N) is 1. The van der Waals surface area contributed by atoms with E-state index < -0.39 is 54.3 Å². The third-order valence-corrected chi connectivity index (χ3v) is 7.74. The van der Waals surface area contributed by atoms with Gasteiger partial charge in [-0.3, -0.25) is 9.52 Å². The van der Waals surface area contributed by atoms with Gasteiger partial charge in [0.15, 0.2) is 0 Å². The van der Waals surface area contributed by atoms with Gasteiger partial charge in [0.05, 0.1) is 30.0 Å². The Hall–Kier alpha value is -2.80. The molecule has 0 bridgehead atoms. The van der Waals surface area contributed by atoms with Gasteiger partial charge in [-0.25, -0.2) is 21.1 Å². The van der Waals surface area contributed by atoms with Crippen LogP contribution in [-0.4, -0.2) is 35.6 Å². The fraction of sp³-hybridized carbons (Fsp3) is 0.278. The number of ether oxygens (including phenoxy) is 1. The molecule has 1 aliphatic heterocycles. The fourth-order valence-corrected chi connectivity index (χ4v) is 6.11. The summed E-state index contributed by atoms with van der Waals surface area (Å²) < 4.78 is 96.7. The first-order valence-corrected chi connectivity index (χ1v) is 11.8. The van der Waals surface area contributed by atoms with E-state index in [1.807, 2.05) is 4.72 Å². The predicted molar refractivity (Wildman–Crippen MR) is 106 cm³/mol. The lowest BCUT2D eigenvalue weighted by molar-refractivity contribution is -0.137. The molecular formula is C18H17F3N2O6S2. The first-order valence-electron chi connectivity index (χ1n) is 8.71. The van der Waals surface area contributed by atoms with Crippen molar-refractivity contribution in [2.45, 2.75) is 18.0 Å². The number of sulfonamides is 2. The number of alkyl halides is 3. The van der Waals surface area contributed by atoms with Crippen molar-refractivity contribution < 1.29 is 39.5 Å². The molecule has 8 nitrogen and oxygen atoms in total. The van der Waals surface area contributed by atoms with Crippen LogP contribution in [0.3, 0.4) is 0 Å². The summed E-state index contributed by atoms with van der Waals surface area (Å²) in [5.41, 5.74) is -1.64. The first kappa shape index (κ1) is 22.9. The number of anilines is 2. The number of rotatable bonds is 5. The van der Waals surface area contributed by atoms with Gasteiger partial charge in [-0.05, 0) is 36.4 Å². The first-order chi connectivity index (χ1) is 14.3. The highest BCUT2D eigenvalue weighted by Crippen LogP contribution is 2.35. The Morgan fingerprint density at radius 3 is 2.39 bits per heavy atom. The van der Waals surface area contributed by atoms with E-state index in [9.17, 15) is 34.8 Å². The lowest BCUT2D eigenvalue weighted by Gasteiger charge is -2.18. The van der Waals surface area contributed by atoms with Crippen LogP contribution in [0, 0.1) is 5.92 Å². The van der Waals surface area contributed by atoms with Gasteiger partial charge in [0, 0.05) is 5.69 Å². The molecule has 1 atom stereocenters. The minimum absolute atomic E-state index is 0.194. The molecule has 1 N–H and O–H groups in total. The quantitative estimate of drug-likeness (QED) is 0.708. The van der Waals surface area contributed by atoms with E-state index >= 15 is 0 Å². The monoisotopic (exact) mass is 478 g/mol. The lowest BCUT2D eigenvalue weighted by Crippen LogP contribution is -2.30. The number of hydrogen-bond acceptors (Lipinski definition) is 6. The molecule has 1 fully saturated rings. The van der Waals surface area contributed by atoms with E-state index in [4.69, 9.17) is 4.74 Å². The van der Waals surface area contributed by atoms with Crippen LogP contribution in [0.5, 0.6) is 5.75 Å². The summed E-state index contributed by atoms with van der Waals surface area (Å²) >= 11 is 0. The van der Waals surface area contributed by atoms with Crippen LogP contribution in [-0.2, 0) is 31.0 Å². The van der Waals surface area contributed by atoms with Crippen molar-refractivity contribution in [1.82, 2.24) is 0 Å². The molecule has 31 heavy (non-hydrogen) atoms. The molecule has 1 amide bonds. The molecule has 1 aliphatic rings. The summed E-state index contributed by atoms with van der Waals surface area (Å²) in [5.74, 6) is -2.15. The van der Waals surface area contributed by atoms with Crippen molar-refractivity contribution in [3.63, 3.8) is 0 Å². The average Bonchev–Trinajstić information content (AvgIpc) is 2.87. The molecular weight excluding hydrogens is 461 g/mol. The second-order valence-electron chi connectivity index (χ2n) is 6.80. The average molecular weight is 478 g/mol. The topological polar surface area (TPSA) is 110 Å².